The van der Waals surface area contributed by atoms with Crippen LogP contribution in [0, 0.1) is 0 Å². The van der Waals surface area contributed by atoms with Gasteiger partial charge in [-0.1, -0.05) is 158 Å². The number of para-hydroxylation sites is 5. The zero-order valence-electron chi connectivity index (χ0n) is 38.2. The molecule has 0 aliphatic heterocycles. The number of hydrogen-bond donors (Lipinski definition) is 0. The largest absolute Gasteiger partial charge is 0.456 e. The molecule has 15 aromatic rings. The van der Waals surface area contributed by atoms with E-state index in [1.54, 1.807) is 0 Å². The molecule has 0 saturated heterocycles. The Bertz CT molecular complexity index is 4380. The average Bonchev–Trinajstić information content (AvgIpc) is 4.21. The van der Waals surface area contributed by atoms with E-state index >= 15 is 0 Å². The number of aromatic nitrogens is 1. The summed E-state index contributed by atoms with van der Waals surface area (Å²) in [5.41, 5.74) is 16.8. The molecule has 0 spiro atoms. The van der Waals surface area contributed by atoms with Crippen molar-refractivity contribution in [3.8, 4) is 39.1 Å². The fraction of sp³-hybridized carbons (Fsp3) is 0. The molecule has 0 saturated carbocycles. The summed E-state index contributed by atoms with van der Waals surface area (Å²) in [4.78, 5) is 2.40. The first kappa shape index (κ1) is 39.8. The van der Waals surface area contributed by atoms with Gasteiger partial charge in [-0.05, 0) is 107 Å². The Balaban J connectivity index is 0.941. The van der Waals surface area contributed by atoms with Crippen LogP contribution in [0.1, 0.15) is 0 Å². The zero-order chi connectivity index (χ0) is 46.6. The van der Waals surface area contributed by atoms with Crippen molar-refractivity contribution in [2.75, 3.05) is 4.90 Å². The Morgan fingerprint density at radius 2 is 0.831 bits per heavy atom. The van der Waals surface area contributed by atoms with Crippen LogP contribution in [0.2, 0.25) is 0 Å². The normalized spacial score (nSPS) is 11.9. The molecule has 0 bridgehead atoms. The summed E-state index contributed by atoms with van der Waals surface area (Å²) in [5, 5.41) is 9.40. The maximum atomic E-state index is 7.09. The highest BCUT2D eigenvalue weighted by molar-refractivity contribution is 7.25. The van der Waals surface area contributed by atoms with Gasteiger partial charge in [0.05, 0.1) is 27.8 Å². The van der Waals surface area contributed by atoms with E-state index < -0.39 is 0 Å². The quantitative estimate of drug-likeness (QED) is 0.160. The second-order valence-corrected chi connectivity index (χ2v) is 19.4. The number of furan rings is 2. The van der Waals surface area contributed by atoms with E-state index in [1.165, 1.54) is 42.1 Å². The number of nitrogens with zero attached hydrogens (tertiary/aromatic N) is 2. The highest BCUT2D eigenvalue weighted by Crippen LogP contribution is 2.49. The van der Waals surface area contributed by atoms with Crippen molar-refractivity contribution in [1.82, 2.24) is 4.57 Å². The molecular weight excluding hydrogens is 885 g/mol. The highest BCUT2D eigenvalue weighted by Gasteiger charge is 2.25. The molecule has 0 fully saturated rings. The van der Waals surface area contributed by atoms with Crippen LogP contribution < -0.4 is 4.90 Å². The molecule has 0 radical (unpaired) electrons. The molecular formula is C66H40N2O2S. The molecule has 5 heteroatoms. The van der Waals surface area contributed by atoms with Crippen molar-refractivity contribution in [2.24, 2.45) is 0 Å². The third-order valence-electron chi connectivity index (χ3n) is 14.4. The maximum absolute atomic E-state index is 7.09. The minimum Gasteiger partial charge on any atom is -0.456 e. The molecule has 4 nitrogen and oxygen atoms in total. The summed E-state index contributed by atoms with van der Waals surface area (Å²) >= 11 is 1.85. The van der Waals surface area contributed by atoms with E-state index in [0.29, 0.717) is 0 Å². The van der Waals surface area contributed by atoms with Crippen molar-refractivity contribution in [3.05, 3.63) is 243 Å². The fourth-order valence-corrected chi connectivity index (χ4v) is 12.5. The Labute approximate surface area is 412 Å². The van der Waals surface area contributed by atoms with Crippen molar-refractivity contribution >= 4 is 114 Å². The Kier molecular flexibility index (Phi) is 8.79. The van der Waals surface area contributed by atoms with Crippen LogP contribution in [0.25, 0.3) is 125 Å². The SMILES string of the molecule is c1ccc(-n2c3ccccc3c3ccccc32)c(-c2ccc(N(c3ccc(-c4cccc5oc6ccccc6c45)cc3)c3ccc(-c4cccc5sc6ccccc6c45)cc3)c3c2oc2ccccc23)c1. The van der Waals surface area contributed by atoms with Crippen LogP contribution in [0.3, 0.4) is 0 Å². The van der Waals surface area contributed by atoms with Gasteiger partial charge in [-0.15, -0.1) is 11.3 Å². The molecule has 0 atom stereocenters. The van der Waals surface area contributed by atoms with Gasteiger partial charge in [0.1, 0.15) is 22.3 Å². The molecule has 0 aliphatic rings. The average molecular weight is 925 g/mol. The van der Waals surface area contributed by atoms with Gasteiger partial charge in [0.2, 0.25) is 0 Å². The minimum absolute atomic E-state index is 0.838. The van der Waals surface area contributed by atoms with Crippen LogP contribution in [0.15, 0.2) is 251 Å². The zero-order valence-corrected chi connectivity index (χ0v) is 39.0. The van der Waals surface area contributed by atoms with E-state index in [2.05, 4.69) is 240 Å². The fourth-order valence-electron chi connectivity index (χ4n) is 11.3. The standard InChI is InChI=1S/C66H40N2O2S/c1-7-23-54-47(15-1)48-16-2-8-24-55(48)68(54)56-25-9-3-17-49(56)50-39-40-57(65-52-19-5-11-27-59(52)70-66(50)65)67(43-35-31-41(32-36-43)45-21-13-28-60-63(45)51-18-4-10-26-58(51)69-60)44-37-33-42(34-38-44)46-22-14-30-62-64(46)53-20-6-12-29-61(53)71-62/h1-40H. The summed E-state index contributed by atoms with van der Waals surface area (Å²) in [7, 11) is 0. The lowest BCUT2D eigenvalue weighted by Gasteiger charge is -2.27. The lowest BCUT2D eigenvalue weighted by Crippen LogP contribution is -2.10. The van der Waals surface area contributed by atoms with Gasteiger partial charge in [-0.3, -0.25) is 0 Å². The van der Waals surface area contributed by atoms with E-state index in [0.717, 1.165) is 99.9 Å². The van der Waals surface area contributed by atoms with Gasteiger partial charge < -0.3 is 18.3 Å². The smallest absolute Gasteiger partial charge is 0.145 e. The third kappa shape index (κ3) is 6.10. The van der Waals surface area contributed by atoms with Crippen molar-refractivity contribution in [3.63, 3.8) is 0 Å². The lowest BCUT2D eigenvalue weighted by atomic mass is 9.97. The summed E-state index contributed by atoms with van der Waals surface area (Å²) in [6, 6.07) is 87.3. The molecule has 71 heavy (non-hydrogen) atoms. The predicted molar refractivity (Wildman–Crippen MR) is 299 cm³/mol. The van der Waals surface area contributed by atoms with Crippen LogP contribution >= 0.6 is 11.3 Å². The Morgan fingerprint density at radius 3 is 1.54 bits per heavy atom. The van der Waals surface area contributed by atoms with E-state index in [-0.39, 0.29) is 0 Å². The van der Waals surface area contributed by atoms with Gasteiger partial charge in [-0.2, -0.15) is 0 Å². The lowest BCUT2D eigenvalue weighted by molar-refractivity contribution is 0.669. The summed E-state index contributed by atoms with van der Waals surface area (Å²) in [6.07, 6.45) is 0. The molecule has 0 aliphatic carbocycles. The number of thiophene rings is 1. The summed E-state index contributed by atoms with van der Waals surface area (Å²) in [6.45, 7) is 0. The number of fused-ring (bicyclic) bond motifs is 12. The van der Waals surface area contributed by atoms with Gasteiger partial charge >= 0.3 is 0 Å². The molecule has 0 N–H and O–H groups in total. The Hall–Kier alpha value is -9.16. The van der Waals surface area contributed by atoms with E-state index in [9.17, 15) is 0 Å². The van der Waals surface area contributed by atoms with Crippen LogP contribution in [-0.2, 0) is 0 Å². The molecule has 0 unspecified atom stereocenters. The number of anilines is 3. The molecule has 332 valence electrons. The molecule has 15 rings (SSSR count). The van der Waals surface area contributed by atoms with Crippen molar-refractivity contribution < 1.29 is 8.83 Å². The second kappa shape index (κ2) is 15.7. The monoisotopic (exact) mass is 924 g/mol. The first-order valence-corrected chi connectivity index (χ1v) is 24.9. The number of rotatable bonds is 7. The van der Waals surface area contributed by atoms with E-state index in [4.69, 9.17) is 8.83 Å². The van der Waals surface area contributed by atoms with Crippen LogP contribution in [0.5, 0.6) is 0 Å². The third-order valence-corrected chi connectivity index (χ3v) is 15.6. The summed E-state index contributed by atoms with van der Waals surface area (Å²) < 4.78 is 18.4. The first-order chi connectivity index (χ1) is 35.2. The molecule has 11 aromatic carbocycles. The van der Waals surface area contributed by atoms with Crippen molar-refractivity contribution in [1.29, 1.82) is 0 Å². The Morgan fingerprint density at radius 1 is 0.324 bits per heavy atom. The highest BCUT2D eigenvalue weighted by atomic mass is 32.1. The number of hydrogen-bond acceptors (Lipinski definition) is 4. The number of benzene rings is 11. The van der Waals surface area contributed by atoms with Crippen molar-refractivity contribution in [2.45, 2.75) is 0 Å². The van der Waals surface area contributed by atoms with Gasteiger partial charge in [0.15, 0.2) is 0 Å². The van der Waals surface area contributed by atoms with E-state index in [1.807, 2.05) is 23.5 Å². The molecule has 0 amide bonds. The minimum atomic E-state index is 0.838. The first-order valence-electron chi connectivity index (χ1n) is 24.1. The van der Waals surface area contributed by atoms with Crippen LogP contribution in [0.4, 0.5) is 17.1 Å². The maximum Gasteiger partial charge on any atom is 0.145 e. The predicted octanol–water partition coefficient (Wildman–Crippen LogP) is 19.4. The second-order valence-electron chi connectivity index (χ2n) is 18.3. The topological polar surface area (TPSA) is 34.5 Å². The van der Waals surface area contributed by atoms with Crippen LogP contribution in [-0.4, -0.2) is 4.57 Å². The molecule has 4 heterocycles. The summed E-state index contributed by atoms with van der Waals surface area (Å²) in [5.74, 6) is 0. The van der Waals surface area contributed by atoms with Gasteiger partial charge in [0.25, 0.3) is 0 Å². The van der Waals surface area contributed by atoms with Gasteiger partial charge in [0, 0.05) is 69.6 Å². The molecule has 4 aromatic heterocycles. The van der Waals surface area contributed by atoms with Gasteiger partial charge in [-0.25, -0.2) is 0 Å².